The maximum absolute atomic E-state index is 7.23. The molecule has 0 fully saturated rings. The molecule has 88 valence electrons. The molecule has 1 rings (SSSR count). The van der Waals surface area contributed by atoms with Gasteiger partial charge in [-0.05, 0) is 12.8 Å². The van der Waals surface area contributed by atoms with E-state index >= 15 is 0 Å². The van der Waals surface area contributed by atoms with Crippen LogP contribution >= 0.6 is 0 Å². The average Bonchev–Trinajstić information content (AvgIpc) is 2.30. The number of hydrogen-bond donors (Lipinski definition) is 2. The minimum absolute atomic E-state index is 0.0516. The molecule has 1 aromatic rings. The molecule has 0 aliphatic carbocycles. The smallest absolute Gasteiger partial charge is 0.147 e. The van der Waals surface area contributed by atoms with Crippen LogP contribution in [0.5, 0.6) is 0 Å². The van der Waals surface area contributed by atoms with Crippen molar-refractivity contribution in [3.05, 3.63) is 18.1 Å². The zero-order chi connectivity index (χ0) is 12.1. The number of nitrogens with one attached hydrogen (secondary N) is 1. The van der Waals surface area contributed by atoms with Crippen LogP contribution < -0.4 is 10.6 Å². The predicted molar refractivity (Wildman–Crippen MR) is 65.8 cm³/mol. The molecule has 0 atom stereocenters. The van der Waals surface area contributed by atoms with Crippen molar-refractivity contribution >= 4 is 11.7 Å². The zero-order valence-electron chi connectivity index (χ0n) is 10.1. The number of nitrogens with two attached hydrogens (primary N) is 1. The fourth-order valence-electron chi connectivity index (χ4n) is 1.67. The van der Waals surface area contributed by atoms with Crippen LogP contribution in [0, 0.1) is 5.41 Å². The molecular weight excluding hydrogens is 202 g/mol. The Balaban J connectivity index is 2.84. The third-order valence-corrected chi connectivity index (χ3v) is 2.77. The number of nitrogen functional groups attached to an aromatic ring is 1. The van der Waals surface area contributed by atoms with Crippen molar-refractivity contribution in [2.45, 2.75) is 32.7 Å². The first-order valence-electron chi connectivity index (χ1n) is 5.49. The highest BCUT2D eigenvalue weighted by Gasteiger charge is 2.12. The van der Waals surface area contributed by atoms with E-state index in [-0.39, 0.29) is 5.84 Å². The molecule has 0 aliphatic heterocycles. The summed E-state index contributed by atoms with van der Waals surface area (Å²) in [6.45, 7) is 4.31. The predicted octanol–water partition coefficient (Wildman–Crippen LogP) is 1.39. The largest absolute Gasteiger partial charge is 0.382 e. The van der Waals surface area contributed by atoms with E-state index in [0.29, 0.717) is 11.7 Å². The van der Waals surface area contributed by atoms with Crippen molar-refractivity contribution in [2.24, 2.45) is 5.73 Å². The van der Waals surface area contributed by atoms with Crippen LogP contribution in [0.2, 0.25) is 0 Å². The molecule has 0 saturated carbocycles. The Labute approximate surface area is 96.2 Å². The highest BCUT2D eigenvalue weighted by Crippen LogP contribution is 2.14. The Morgan fingerprint density at radius 2 is 2.00 bits per heavy atom. The van der Waals surface area contributed by atoms with Crippen LogP contribution in [-0.4, -0.2) is 28.9 Å². The molecule has 5 heteroatoms. The van der Waals surface area contributed by atoms with E-state index in [0.717, 1.165) is 18.7 Å². The third-order valence-electron chi connectivity index (χ3n) is 2.77. The van der Waals surface area contributed by atoms with Gasteiger partial charge in [-0.3, -0.25) is 5.41 Å². The van der Waals surface area contributed by atoms with Gasteiger partial charge in [-0.25, -0.2) is 9.97 Å². The van der Waals surface area contributed by atoms with Crippen LogP contribution in [-0.2, 0) is 0 Å². The average molecular weight is 221 g/mol. The lowest BCUT2D eigenvalue weighted by atomic mass is 10.1. The molecule has 0 aromatic carbocycles. The Hall–Kier alpha value is -1.65. The normalized spacial score (nSPS) is 10.5. The van der Waals surface area contributed by atoms with E-state index in [1.807, 2.05) is 7.05 Å². The van der Waals surface area contributed by atoms with E-state index in [1.165, 1.54) is 6.20 Å². The van der Waals surface area contributed by atoms with Gasteiger partial charge >= 0.3 is 0 Å². The summed E-state index contributed by atoms with van der Waals surface area (Å²) in [5.41, 5.74) is 5.74. The minimum Gasteiger partial charge on any atom is -0.382 e. The Bertz CT molecular complexity index is 342. The SMILES string of the molecule is CCC(CC)N(C)c1cnc(C(=N)N)cn1. The Kier molecular flexibility index (Phi) is 4.22. The van der Waals surface area contributed by atoms with Gasteiger partial charge in [-0.1, -0.05) is 13.8 Å². The summed E-state index contributed by atoms with van der Waals surface area (Å²) in [5.74, 6) is 0.767. The lowest BCUT2D eigenvalue weighted by Gasteiger charge is -2.26. The topological polar surface area (TPSA) is 78.9 Å². The quantitative estimate of drug-likeness (QED) is 0.581. The Morgan fingerprint density at radius 3 is 2.38 bits per heavy atom. The Morgan fingerprint density at radius 1 is 1.38 bits per heavy atom. The van der Waals surface area contributed by atoms with Crippen molar-refractivity contribution in [3.63, 3.8) is 0 Å². The van der Waals surface area contributed by atoms with E-state index in [9.17, 15) is 0 Å². The summed E-state index contributed by atoms with van der Waals surface area (Å²) in [7, 11) is 2.01. The molecule has 0 aliphatic rings. The second-order valence-electron chi connectivity index (χ2n) is 3.75. The first-order chi connectivity index (χ1) is 7.60. The van der Waals surface area contributed by atoms with Gasteiger partial charge in [0.1, 0.15) is 17.3 Å². The van der Waals surface area contributed by atoms with Crippen LogP contribution in [0.4, 0.5) is 5.82 Å². The van der Waals surface area contributed by atoms with Gasteiger partial charge in [0.25, 0.3) is 0 Å². The maximum atomic E-state index is 7.23. The van der Waals surface area contributed by atoms with E-state index in [4.69, 9.17) is 11.1 Å². The molecule has 0 amide bonds. The van der Waals surface area contributed by atoms with Gasteiger partial charge in [0.05, 0.1) is 12.4 Å². The van der Waals surface area contributed by atoms with Crippen molar-refractivity contribution < 1.29 is 0 Å². The molecule has 0 radical (unpaired) electrons. The summed E-state index contributed by atoms with van der Waals surface area (Å²) in [6.07, 6.45) is 5.35. The van der Waals surface area contributed by atoms with Gasteiger partial charge in [0.2, 0.25) is 0 Å². The highest BCUT2D eigenvalue weighted by molar-refractivity contribution is 5.92. The van der Waals surface area contributed by atoms with Crippen LogP contribution in [0.25, 0.3) is 0 Å². The number of nitrogens with zero attached hydrogens (tertiary/aromatic N) is 3. The molecule has 1 aromatic heterocycles. The zero-order valence-corrected chi connectivity index (χ0v) is 10.1. The lowest BCUT2D eigenvalue weighted by molar-refractivity contribution is 0.586. The summed E-state index contributed by atoms with van der Waals surface area (Å²) in [4.78, 5) is 10.5. The van der Waals surface area contributed by atoms with Gasteiger partial charge < -0.3 is 10.6 Å². The highest BCUT2D eigenvalue weighted by atomic mass is 15.2. The van der Waals surface area contributed by atoms with Crippen molar-refractivity contribution in [3.8, 4) is 0 Å². The number of hydrogen-bond acceptors (Lipinski definition) is 4. The van der Waals surface area contributed by atoms with E-state index in [2.05, 4.69) is 28.7 Å². The second kappa shape index (κ2) is 5.44. The van der Waals surface area contributed by atoms with Crippen molar-refractivity contribution in [1.82, 2.24) is 9.97 Å². The van der Waals surface area contributed by atoms with Gasteiger partial charge in [0.15, 0.2) is 0 Å². The van der Waals surface area contributed by atoms with Crippen LogP contribution in [0.3, 0.4) is 0 Å². The van der Waals surface area contributed by atoms with Crippen molar-refractivity contribution in [1.29, 1.82) is 5.41 Å². The molecule has 1 heterocycles. The van der Waals surface area contributed by atoms with E-state index in [1.54, 1.807) is 6.20 Å². The molecular formula is C11H19N5. The van der Waals surface area contributed by atoms with Crippen molar-refractivity contribution in [2.75, 3.05) is 11.9 Å². The summed E-state index contributed by atoms with van der Waals surface area (Å²) >= 11 is 0. The van der Waals surface area contributed by atoms with Gasteiger partial charge in [0, 0.05) is 13.1 Å². The third kappa shape index (κ3) is 2.68. The number of aromatic nitrogens is 2. The molecule has 16 heavy (non-hydrogen) atoms. The number of anilines is 1. The number of rotatable bonds is 5. The maximum Gasteiger partial charge on any atom is 0.147 e. The standard InChI is InChI=1S/C11H19N5/c1-4-8(5-2)16(3)10-7-14-9(6-15-10)11(12)13/h6-8H,4-5H2,1-3H3,(H3,12,13). The molecule has 5 nitrogen and oxygen atoms in total. The van der Waals surface area contributed by atoms with Crippen LogP contribution in [0.1, 0.15) is 32.4 Å². The molecule has 0 spiro atoms. The minimum atomic E-state index is -0.0516. The molecule has 3 N–H and O–H groups in total. The van der Waals surface area contributed by atoms with E-state index < -0.39 is 0 Å². The lowest BCUT2D eigenvalue weighted by Crippen LogP contribution is -2.31. The first kappa shape index (κ1) is 12.4. The number of amidine groups is 1. The molecule has 0 saturated heterocycles. The summed E-state index contributed by atoms with van der Waals surface area (Å²) < 4.78 is 0. The van der Waals surface area contributed by atoms with Gasteiger partial charge in [-0.2, -0.15) is 0 Å². The monoisotopic (exact) mass is 221 g/mol. The fraction of sp³-hybridized carbons (Fsp3) is 0.545. The van der Waals surface area contributed by atoms with Gasteiger partial charge in [-0.15, -0.1) is 0 Å². The fourth-order valence-corrected chi connectivity index (χ4v) is 1.67. The van der Waals surface area contributed by atoms with Crippen LogP contribution in [0.15, 0.2) is 12.4 Å². The summed E-state index contributed by atoms with van der Waals surface area (Å²) in [5, 5.41) is 7.23. The second-order valence-corrected chi connectivity index (χ2v) is 3.75. The first-order valence-corrected chi connectivity index (χ1v) is 5.49. The summed E-state index contributed by atoms with van der Waals surface area (Å²) in [6, 6.07) is 0.470. The molecule has 0 bridgehead atoms. The molecule has 0 unspecified atom stereocenters.